The van der Waals surface area contributed by atoms with Gasteiger partial charge in [-0.25, -0.2) is 4.79 Å². The van der Waals surface area contributed by atoms with Crippen molar-refractivity contribution in [2.24, 2.45) is 0 Å². The molecule has 0 aromatic carbocycles. The van der Waals surface area contributed by atoms with Gasteiger partial charge in [-0.15, -0.1) is 0 Å². The number of carboxylic acid groups (broad SMARTS) is 1. The highest BCUT2D eigenvalue weighted by atomic mass is 16.8. The number of carboxylic acids is 1. The van der Waals surface area contributed by atoms with E-state index in [-0.39, 0.29) is 6.29 Å². The van der Waals surface area contributed by atoms with Gasteiger partial charge >= 0.3 is 5.97 Å². The molecule has 4 heterocycles. The van der Waals surface area contributed by atoms with E-state index in [0.29, 0.717) is 0 Å². The number of aliphatic carboxylic acids is 1. The molecule has 4 aliphatic rings. The van der Waals surface area contributed by atoms with Gasteiger partial charge in [-0.2, -0.15) is 0 Å². The van der Waals surface area contributed by atoms with Gasteiger partial charge in [0.2, 0.25) is 11.8 Å². The fraction of sp³-hybridized carbons (Fsp3) is 0.892. The Morgan fingerprint density at radius 2 is 1.24 bits per heavy atom. The highest BCUT2D eigenvalue weighted by Crippen LogP contribution is 2.37. The summed E-state index contributed by atoms with van der Waals surface area (Å²) in [7, 11) is 0. The van der Waals surface area contributed by atoms with Crippen molar-refractivity contribution < 1.29 is 144 Å². The SMILES string of the molecule is CC(=O)N[C@@H]1[C@@H](O)CC(OCC2O[C@@H](O[C@H]3[C@H](O)[C@@H](NC(C)=O)[C@H](O[C@H]4[C@@H](O)[C@@H](CO)O[C@@H](OC(C(O)CO)C(O)C(O)C=O)[C@@H]4O)O[C@@H]3CO)[C@H](O)[C@@H](O)[C@H]2O)(C(=O)O)O[C@H]1C(O)C(O)CO. The molecule has 4 fully saturated rings. The van der Waals surface area contributed by atoms with E-state index in [1.54, 1.807) is 0 Å². The predicted molar refractivity (Wildman–Crippen MR) is 208 cm³/mol. The molecule has 68 heavy (non-hydrogen) atoms. The highest BCUT2D eigenvalue weighted by molar-refractivity contribution is 5.76. The third-order valence-corrected chi connectivity index (χ3v) is 11.6. The fourth-order valence-electron chi connectivity index (χ4n) is 7.97. The third kappa shape index (κ3) is 13.0. The van der Waals surface area contributed by atoms with E-state index in [4.69, 9.17) is 37.9 Å². The molecule has 0 spiro atoms. The van der Waals surface area contributed by atoms with Gasteiger partial charge < -0.3 is 140 Å². The molecular formula is C37H62N2O29. The second kappa shape index (κ2) is 25.0. The summed E-state index contributed by atoms with van der Waals surface area (Å²) in [5, 5.41) is 183. The van der Waals surface area contributed by atoms with E-state index in [1.807, 2.05) is 0 Å². The predicted octanol–water partition coefficient (Wildman–Crippen LogP) is -12.6. The van der Waals surface area contributed by atoms with E-state index < -0.39 is 210 Å². The summed E-state index contributed by atoms with van der Waals surface area (Å²) in [6, 6.07) is -3.41. The summed E-state index contributed by atoms with van der Waals surface area (Å²) in [6.07, 6.45) is -46.3. The Morgan fingerprint density at radius 1 is 0.676 bits per heavy atom. The average Bonchev–Trinajstić information content (AvgIpc) is 3.30. The highest BCUT2D eigenvalue weighted by Gasteiger charge is 2.58. The van der Waals surface area contributed by atoms with Crippen LogP contribution in [0.1, 0.15) is 20.3 Å². The number of rotatable bonds is 22. The van der Waals surface area contributed by atoms with Gasteiger partial charge in [0.25, 0.3) is 5.79 Å². The Labute approximate surface area is 384 Å². The Morgan fingerprint density at radius 3 is 1.78 bits per heavy atom. The van der Waals surface area contributed by atoms with Crippen LogP contribution in [0.2, 0.25) is 0 Å². The number of hydrogen-bond donors (Lipinski definition) is 19. The minimum absolute atomic E-state index is 0.140. The standard InChI is InChI=1S/C37H62N2O29/c1-10(45)38-19-12(47)3-37(36(59)60,68-31(19)22(52)14(49)5-41)61-9-18-23(53)26(56)27(57)34(64-18)66-30-17(8-44)63-33(20(25(30)55)39-11(2)46)67-32-24(54)16(7-43)62-35(28(32)58)65-29(15(50)6-42)21(51)13(48)4-40/h4,12-35,41-44,47-58H,3,5-9H2,1-2H3,(H,38,45)(H,39,46)(H,59,60)/t12-,13?,14?,15?,16+,17+,18?,19+,20+,21?,22?,23-,24-,25+,26-,27+,28+,29?,30+,31+,32-,33-,34-,35-,37?/m0/s1. The van der Waals surface area contributed by atoms with Crippen LogP contribution in [0.4, 0.5) is 0 Å². The first-order valence-corrected chi connectivity index (χ1v) is 21.0. The first-order chi connectivity index (χ1) is 31.9. The number of aliphatic hydroxyl groups is 16. The van der Waals surface area contributed by atoms with Crippen LogP contribution in [-0.4, -0.2) is 297 Å². The van der Waals surface area contributed by atoms with Gasteiger partial charge in [0.05, 0.1) is 45.2 Å². The zero-order chi connectivity index (χ0) is 51.1. The number of aldehydes is 1. The van der Waals surface area contributed by atoms with E-state index in [1.165, 1.54) is 0 Å². The van der Waals surface area contributed by atoms with Crippen LogP contribution in [0.25, 0.3) is 0 Å². The van der Waals surface area contributed by atoms with E-state index in [2.05, 4.69) is 10.6 Å². The first kappa shape index (κ1) is 57.7. The second-order valence-electron chi connectivity index (χ2n) is 16.5. The van der Waals surface area contributed by atoms with Crippen LogP contribution in [0, 0.1) is 0 Å². The van der Waals surface area contributed by atoms with Gasteiger partial charge in [-0.05, 0) is 0 Å². The maximum Gasteiger partial charge on any atom is 0.364 e. The maximum absolute atomic E-state index is 12.7. The van der Waals surface area contributed by atoms with Crippen molar-refractivity contribution in [1.82, 2.24) is 10.6 Å². The zero-order valence-electron chi connectivity index (χ0n) is 36.2. The zero-order valence-corrected chi connectivity index (χ0v) is 36.2. The van der Waals surface area contributed by atoms with Gasteiger partial charge in [0.1, 0.15) is 116 Å². The number of aliphatic hydroxyl groups excluding tert-OH is 16. The lowest BCUT2D eigenvalue weighted by atomic mass is 9.88. The molecule has 4 rings (SSSR count). The van der Waals surface area contributed by atoms with Crippen LogP contribution >= 0.6 is 0 Å². The fourth-order valence-corrected chi connectivity index (χ4v) is 7.97. The molecule has 0 aliphatic carbocycles. The molecule has 19 N–H and O–H groups in total. The molecule has 4 aliphatic heterocycles. The lowest BCUT2D eigenvalue weighted by Crippen LogP contribution is -2.70. The summed E-state index contributed by atoms with van der Waals surface area (Å²) in [6.45, 7) is -3.48. The van der Waals surface area contributed by atoms with Crippen LogP contribution in [0.15, 0.2) is 0 Å². The number of carbonyl (C=O) groups excluding carboxylic acids is 3. The van der Waals surface area contributed by atoms with Gasteiger partial charge in [0, 0.05) is 20.3 Å². The molecule has 4 saturated heterocycles. The summed E-state index contributed by atoms with van der Waals surface area (Å²) in [5.74, 6) is -6.61. The summed E-state index contributed by atoms with van der Waals surface area (Å²) < 4.78 is 44.8. The van der Waals surface area contributed by atoms with Crippen LogP contribution in [-0.2, 0) is 57.1 Å². The van der Waals surface area contributed by atoms with Gasteiger partial charge in [-0.3, -0.25) is 9.59 Å². The van der Waals surface area contributed by atoms with E-state index in [9.17, 15) is 106 Å². The van der Waals surface area contributed by atoms with Crippen molar-refractivity contribution in [3.63, 3.8) is 0 Å². The maximum atomic E-state index is 12.7. The molecular weight excluding hydrogens is 936 g/mol. The van der Waals surface area contributed by atoms with Crippen LogP contribution in [0.5, 0.6) is 0 Å². The summed E-state index contributed by atoms with van der Waals surface area (Å²) >= 11 is 0. The molecule has 0 saturated carbocycles. The minimum atomic E-state index is -2.97. The Kier molecular flexibility index (Phi) is 21.2. The third-order valence-electron chi connectivity index (χ3n) is 11.6. The Bertz CT molecular complexity index is 1640. The molecule has 0 bridgehead atoms. The molecule has 394 valence electrons. The smallest absolute Gasteiger partial charge is 0.364 e. The van der Waals surface area contributed by atoms with E-state index >= 15 is 0 Å². The molecule has 8 unspecified atom stereocenters. The summed E-state index contributed by atoms with van der Waals surface area (Å²) in [5.41, 5.74) is 0. The minimum Gasteiger partial charge on any atom is -0.477 e. The lowest BCUT2D eigenvalue weighted by molar-refractivity contribution is -0.375. The van der Waals surface area contributed by atoms with Crippen molar-refractivity contribution in [2.45, 2.75) is 173 Å². The monoisotopic (exact) mass is 998 g/mol. The second-order valence-corrected chi connectivity index (χ2v) is 16.5. The molecule has 31 heteroatoms. The van der Waals surface area contributed by atoms with Crippen molar-refractivity contribution in [2.75, 3.05) is 33.0 Å². The van der Waals surface area contributed by atoms with Crippen molar-refractivity contribution in [3.8, 4) is 0 Å². The molecule has 25 atom stereocenters. The molecule has 31 nitrogen and oxygen atoms in total. The first-order valence-electron chi connectivity index (χ1n) is 21.0. The Balaban J connectivity index is 1.58. The van der Waals surface area contributed by atoms with Crippen molar-refractivity contribution in [1.29, 1.82) is 0 Å². The molecule has 0 aromatic heterocycles. The largest absolute Gasteiger partial charge is 0.477 e. The lowest BCUT2D eigenvalue weighted by Gasteiger charge is -2.49. The number of ether oxygens (including phenoxy) is 8. The number of carbonyl (C=O) groups is 4. The normalized spacial score (nSPS) is 41.6. The van der Waals surface area contributed by atoms with Crippen LogP contribution < -0.4 is 10.6 Å². The molecule has 2 amide bonds. The van der Waals surface area contributed by atoms with E-state index in [0.717, 1.165) is 13.8 Å². The number of amides is 2. The average molecular weight is 999 g/mol. The Hall–Kier alpha value is -2.88. The quantitative estimate of drug-likeness (QED) is 0.0448. The molecule has 0 aromatic rings. The summed E-state index contributed by atoms with van der Waals surface area (Å²) in [4.78, 5) is 48.2. The number of hydrogen-bond acceptors (Lipinski definition) is 28. The van der Waals surface area contributed by atoms with Crippen molar-refractivity contribution in [3.05, 3.63) is 0 Å². The van der Waals surface area contributed by atoms with Gasteiger partial charge in [-0.1, -0.05) is 0 Å². The number of nitrogens with one attached hydrogen (secondary N) is 2. The topological polar surface area (TPSA) is 510 Å². The van der Waals surface area contributed by atoms with Crippen molar-refractivity contribution >= 4 is 24.1 Å². The van der Waals surface area contributed by atoms with Crippen LogP contribution in [0.3, 0.4) is 0 Å². The molecule has 0 radical (unpaired) electrons. The van der Waals surface area contributed by atoms with Gasteiger partial charge in [0.15, 0.2) is 25.2 Å².